The molecule has 1 aliphatic rings. The Morgan fingerprint density at radius 1 is 1.21 bits per heavy atom. The molecule has 1 unspecified atom stereocenters. The molecule has 0 spiro atoms. The second kappa shape index (κ2) is 12.8. The van der Waals surface area contributed by atoms with Crippen LogP contribution < -0.4 is 20.1 Å². The number of halogens is 1. The SMILES string of the molecule is CCNC(=NCCC(=O)NC(C)CC)N1CCc2cc(OC)c(OC)cc2C1.I. The van der Waals surface area contributed by atoms with E-state index in [9.17, 15) is 4.79 Å². The summed E-state index contributed by atoms with van der Waals surface area (Å²) in [6, 6.07) is 4.31. The number of amides is 1. The number of ether oxygens (including phenoxy) is 2. The Morgan fingerprint density at radius 2 is 1.86 bits per heavy atom. The lowest BCUT2D eigenvalue weighted by Gasteiger charge is -2.32. The number of hydrogen-bond donors (Lipinski definition) is 2. The highest BCUT2D eigenvalue weighted by Gasteiger charge is 2.21. The fraction of sp³-hybridized carbons (Fsp3) is 0.619. The van der Waals surface area contributed by atoms with Crippen LogP contribution in [-0.4, -0.2) is 56.7 Å². The van der Waals surface area contributed by atoms with E-state index in [1.807, 2.05) is 13.0 Å². The van der Waals surface area contributed by atoms with Crippen molar-refractivity contribution in [3.8, 4) is 11.5 Å². The van der Waals surface area contributed by atoms with Crippen LogP contribution in [0.5, 0.6) is 11.5 Å². The van der Waals surface area contributed by atoms with Gasteiger partial charge in [0.1, 0.15) is 0 Å². The van der Waals surface area contributed by atoms with Crippen LogP contribution in [-0.2, 0) is 17.8 Å². The molecule has 0 fully saturated rings. The van der Waals surface area contributed by atoms with Gasteiger partial charge in [0.05, 0.1) is 20.8 Å². The molecule has 0 aromatic heterocycles. The molecule has 1 aliphatic heterocycles. The van der Waals surface area contributed by atoms with Gasteiger partial charge in [0.25, 0.3) is 0 Å². The van der Waals surface area contributed by atoms with E-state index in [-0.39, 0.29) is 35.9 Å². The molecule has 8 heteroatoms. The molecule has 0 saturated heterocycles. The largest absolute Gasteiger partial charge is 0.493 e. The van der Waals surface area contributed by atoms with Gasteiger partial charge in [-0.25, -0.2) is 0 Å². The van der Waals surface area contributed by atoms with Gasteiger partial charge >= 0.3 is 0 Å². The smallest absolute Gasteiger partial charge is 0.222 e. The third-order valence-electron chi connectivity index (χ3n) is 4.97. The van der Waals surface area contributed by atoms with Crippen molar-refractivity contribution >= 4 is 35.8 Å². The molecule has 1 aromatic rings. The maximum atomic E-state index is 12.0. The molecule has 0 saturated carbocycles. The molecule has 1 heterocycles. The number of carbonyl (C=O) groups excluding carboxylic acids is 1. The van der Waals surface area contributed by atoms with Crippen LogP contribution in [0.25, 0.3) is 0 Å². The van der Waals surface area contributed by atoms with Gasteiger partial charge in [0, 0.05) is 32.1 Å². The monoisotopic (exact) mass is 518 g/mol. The van der Waals surface area contributed by atoms with Crippen LogP contribution in [0.2, 0.25) is 0 Å². The Hall–Kier alpha value is -1.71. The standard InChI is InChI=1S/C21H34N4O3.HI/c1-6-15(3)24-20(26)8-10-23-21(22-7-2)25-11-9-16-12-18(27-4)19(28-5)13-17(16)14-25;/h12-13,15H,6-11,14H2,1-5H3,(H,22,23)(H,24,26);1H. The van der Waals surface area contributed by atoms with Gasteiger partial charge in [-0.2, -0.15) is 0 Å². The first-order valence-corrected chi connectivity index (χ1v) is 10.1. The second-order valence-corrected chi connectivity index (χ2v) is 7.01. The Kier molecular flexibility index (Phi) is 11.2. The van der Waals surface area contributed by atoms with Gasteiger partial charge in [-0.15, -0.1) is 24.0 Å². The summed E-state index contributed by atoms with van der Waals surface area (Å²) in [6.07, 6.45) is 2.24. The van der Waals surface area contributed by atoms with Crippen molar-refractivity contribution in [1.29, 1.82) is 0 Å². The molecule has 164 valence electrons. The zero-order valence-electron chi connectivity index (χ0n) is 18.2. The van der Waals surface area contributed by atoms with E-state index >= 15 is 0 Å². The van der Waals surface area contributed by atoms with Crippen LogP contribution in [0.3, 0.4) is 0 Å². The zero-order chi connectivity index (χ0) is 20.5. The summed E-state index contributed by atoms with van der Waals surface area (Å²) in [5.74, 6) is 2.41. The highest BCUT2D eigenvalue weighted by atomic mass is 127. The van der Waals surface area contributed by atoms with Crippen molar-refractivity contribution in [2.45, 2.75) is 52.6 Å². The highest BCUT2D eigenvalue weighted by Crippen LogP contribution is 2.33. The van der Waals surface area contributed by atoms with Gasteiger partial charge in [0.15, 0.2) is 17.5 Å². The number of nitrogens with one attached hydrogen (secondary N) is 2. The number of nitrogens with zero attached hydrogens (tertiary/aromatic N) is 2. The van der Waals surface area contributed by atoms with E-state index < -0.39 is 0 Å². The first-order chi connectivity index (χ1) is 13.5. The molecule has 2 rings (SSSR count). The molecular formula is C21H35IN4O3. The third kappa shape index (κ3) is 7.24. The molecule has 1 amide bonds. The lowest BCUT2D eigenvalue weighted by Crippen LogP contribution is -2.44. The minimum atomic E-state index is 0. The highest BCUT2D eigenvalue weighted by molar-refractivity contribution is 14.0. The number of rotatable bonds is 8. The topological polar surface area (TPSA) is 75.2 Å². The van der Waals surface area contributed by atoms with Gasteiger partial charge in [-0.3, -0.25) is 9.79 Å². The quantitative estimate of drug-likeness (QED) is 0.315. The number of methoxy groups -OCH3 is 2. The van der Waals surface area contributed by atoms with Gasteiger partial charge in [-0.1, -0.05) is 6.92 Å². The van der Waals surface area contributed by atoms with Crippen LogP contribution in [0.4, 0.5) is 0 Å². The molecule has 2 N–H and O–H groups in total. The van der Waals surface area contributed by atoms with Crippen LogP contribution in [0, 0.1) is 0 Å². The predicted molar refractivity (Wildman–Crippen MR) is 128 cm³/mol. The predicted octanol–water partition coefficient (Wildman–Crippen LogP) is 2.95. The maximum absolute atomic E-state index is 12.0. The number of hydrogen-bond acceptors (Lipinski definition) is 4. The van der Waals surface area contributed by atoms with Crippen molar-refractivity contribution in [1.82, 2.24) is 15.5 Å². The van der Waals surface area contributed by atoms with Crippen molar-refractivity contribution < 1.29 is 14.3 Å². The number of benzene rings is 1. The summed E-state index contributed by atoms with van der Waals surface area (Å²) in [6.45, 7) is 9.00. The van der Waals surface area contributed by atoms with Crippen LogP contribution in [0.15, 0.2) is 17.1 Å². The summed E-state index contributed by atoms with van der Waals surface area (Å²) in [5.41, 5.74) is 2.49. The van der Waals surface area contributed by atoms with E-state index in [4.69, 9.17) is 9.47 Å². The molecule has 1 atom stereocenters. The van der Waals surface area contributed by atoms with Gasteiger partial charge in [0.2, 0.25) is 5.91 Å². The van der Waals surface area contributed by atoms with Crippen molar-refractivity contribution in [2.24, 2.45) is 4.99 Å². The molecule has 0 bridgehead atoms. The van der Waals surface area contributed by atoms with Gasteiger partial charge in [-0.05, 0) is 49.9 Å². The van der Waals surface area contributed by atoms with E-state index in [0.717, 1.165) is 49.9 Å². The van der Waals surface area contributed by atoms with Crippen LogP contribution >= 0.6 is 24.0 Å². The second-order valence-electron chi connectivity index (χ2n) is 7.01. The van der Waals surface area contributed by atoms with Crippen molar-refractivity contribution in [2.75, 3.05) is 33.9 Å². The van der Waals surface area contributed by atoms with Gasteiger partial charge < -0.3 is 25.0 Å². The molecule has 0 aliphatic carbocycles. The zero-order valence-corrected chi connectivity index (χ0v) is 20.5. The Labute approximate surface area is 191 Å². The number of fused-ring (bicyclic) bond motifs is 1. The third-order valence-corrected chi connectivity index (χ3v) is 4.97. The molecule has 0 radical (unpaired) electrons. The molecule has 1 aromatic carbocycles. The number of aliphatic imine (C=N–C) groups is 1. The van der Waals surface area contributed by atoms with E-state index in [0.29, 0.717) is 13.0 Å². The van der Waals surface area contributed by atoms with E-state index in [2.05, 4.69) is 40.4 Å². The molecule has 7 nitrogen and oxygen atoms in total. The number of guanidine groups is 1. The summed E-state index contributed by atoms with van der Waals surface area (Å²) in [5, 5.41) is 6.33. The lowest BCUT2D eigenvalue weighted by atomic mass is 9.99. The molecule has 29 heavy (non-hydrogen) atoms. The summed E-state index contributed by atoms with van der Waals surface area (Å²) < 4.78 is 10.9. The molecular weight excluding hydrogens is 483 g/mol. The first-order valence-electron chi connectivity index (χ1n) is 10.1. The van der Waals surface area contributed by atoms with E-state index in [1.165, 1.54) is 11.1 Å². The summed E-state index contributed by atoms with van der Waals surface area (Å²) in [7, 11) is 3.31. The van der Waals surface area contributed by atoms with E-state index in [1.54, 1.807) is 14.2 Å². The van der Waals surface area contributed by atoms with Crippen LogP contribution in [0.1, 0.15) is 44.7 Å². The Balaban J connectivity index is 0.00000420. The number of carbonyl (C=O) groups is 1. The minimum absolute atomic E-state index is 0. The summed E-state index contributed by atoms with van der Waals surface area (Å²) in [4.78, 5) is 18.9. The van der Waals surface area contributed by atoms with Crippen molar-refractivity contribution in [3.63, 3.8) is 0 Å². The summed E-state index contributed by atoms with van der Waals surface area (Å²) >= 11 is 0. The fourth-order valence-corrected chi connectivity index (χ4v) is 3.20. The normalized spacial score (nSPS) is 14.4. The lowest BCUT2D eigenvalue weighted by molar-refractivity contribution is -0.121. The Morgan fingerprint density at radius 3 is 2.45 bits per heavy atom. The minimum Gasteiger partial charge on any atom is -0.493 e. The Bertz CT molecular complexity index is 697. The average molecular weight is 518 g/mol. The van der Waals surface area contributed by atoms with Crippen molar-refractivity contribution in [3.05, 3.63) is 23.3 Å². The average Bonchev–Trinajstić information content (AvgIpc) is 2.71. The first kappa shape index (κ1) is 25.3. The fourth-order valence-electron chi connectivity index (χ4n) is 3.20. The maximum Gasteiger partial charge on any atom is 0.222 e.